The average Bonchev–Trinajstić information content (AvgIpc) is 2.45. The zero-order valence-corrected chi connectivity index (χ0v) is 12.7. The van der Waals surface area contributed by atoms with Gasteiger partial charge in [0.2, 0.25) is 5.91 Å². The van der Waals surface area contributed by atoms with E-state index in [9.17, 15) is 9.59 Å². The first-order valence-electron chi connectivity index (χ1n) is 7.65. The summed E-state index contributed by atoms with van der Waals surface area (Å²) >= 11 is 0. The average molecular weight is 288 g/mol. The Balaban J connectivity index is 1.80. The number of hydrogen-bond donors (Lipinski definition) is 1. The number of hydrogen-bond acceptors (Lipinski definition) is 3. The summed E-state index contributed by atoms with van der Waals surface area (Å²) in [5.74, 6) is 0.315. The Labute approximate surface area is 126 Å². The predicted octanol–water partition coefficient (Wildman–Crippen LogP) is 2.16. The Morgan fingerprint density at radius 1 is 1.29 bits per heavy atom. The molecule has 0 bridgehead atoms. The SMILES string of the molecule is Cc1ccc(C(=O)CCN2CCC[C@H](CC(N)=O)C2)cc1. The largest absolute Gasteiger partial charge is 0.370 e. The molecule has 0 aliphatic carbocycles. The van der Waals surface area contributed by atoms with Gasteiger partial charge in [0, 0.05) is 31.5 Å². The molecule has 1 saturated heterocycles. The molecule has 4 heteroatoms. The van der Waals surface area contributed by atoms with Crippen molar-refractivity contribution in [2.45, 2.75) is 32.6 Å². The summed E-state index contributed by atoms with van der Waals surface area (Å²) < 4.78 is 0. The fourth-order valence-corrected chi connectivity index (χ4v) is 2.95. The van der Waals surface area contributed by atoms with Crippen molar-refractivity contribution in [2.24, 2.45) is 11.7 Å². The van der Waals surface area contributed by atoms with Crippen molar-refractivity contribution >= 4 is 11.7 Å². The minimum absolute atomic E-state index is 0.187. The van der Waals surface area contributed by atoms with E-state index in [-0.39, 0.29) is 11.7 Å². The number of amides is 1. The van der Waals surface area contributed by atoms with Crippen molar-refractivity contribution in [3.8, 4) is 0 Å². The van der Waals surface area contributed by atoms with Gasteiger partial charge in [-0.2, -0.15) is 0 Å². The third-order valence-corrected chi connectivity index (χ3v) is 4.12. The van der Waals surface area contributed by atoms with Gasteiger partial charge in [-0.15, -0.1) is 0 Å². The minimum Gasteiger partial charge on any atom is -0.370 e. The van der Waals surface area contributed by atoms with Crippen molar-refractivity contribution in [1.29, 1.82) is 0 Å². The molecule has 1 aliphatic rings. The predicted molar refractivity (Wildman–Crippen MR) is 83.1 cm³/mol. The number of rotatable bonds is 6. The maximum absolute atomic E-state index is 12.2. The Bertz CT molecular complexity index is 496. The Morgan fingerprint density at radius 3 is 2.67 bits per heavy atom. The highest BCUT2D eigenvalue weighted by atomic mass is 16.1. The maximum atomic E-state index is 12.2. The lowest BCUT2D eigenvalue weighted by Crippen LogP contribution is -2.38. The lowest BCUT2D eigenvalue weighted by atomic mass is 9.94. The molecule has 2 rings (SSSR count). The summed E-state index contributed by atoms with van der Waals surface area (Å²) in [6.07, 6.45) is 3.14. The molecule has 0 radical (unpaired) electrons. The van der Waals surface area contributed by atoms with E-state index >= 15 is 0 Å². The van der Waals surface area contributed by atoms with Crippen LogP contribution in [0.1, 0.15) is 41.6 Å². The number of likely N-dealkylation sites (tertiary alicyclic amines) is 1. The van der Waals surface area contributed by atoms with E-state index in [1.165, 1.54) is 0 Å². The third-order valence-electron chi connectivity index (χ3n) is 4.12. The topological polar surface area (TPSA) is 63.4 Å². The van der Waals surface area contributed by atoms with Gasteiger partial charge < -0.3 is 10.6 Å². The molecule has 0 aromatic heterocycles. The molecule has 1 amide bonds. The Morgan fingerprint density at radius 2 is 2.00 bits per heavy atom. The van der Waals surface area contributed by atoms with Gasteiger partial charge in [-0.3, -0.25) is 9.59 Å². The van der Waals surface area contributed by atoms with Crippen LogP contribution in [0.3, 0.4) is 0 Å². The number of carbonyl (C=O) groups is 2. The number of carbonyl (C=O) groups excluding carboxylic acids is 2. The van der Waals surface area contributed by atoms with Crippen LogP contribution in [0.4, 0.5) is 0 Å². The summed E-state index contributed by atoms with van der Waals surface area (Å²) in [4.78, 5) is 25.4. The van der Waals surface area contributed by atoms with Crippen LogP contribution >= 0.6 is 0 Å². The van der Waals surface area contributed by atoms with Crippen LogP contribution in [0.2, 0.25) is 0 Å². The molecule has 21 heavy (non-hydrogen) atoms. The van der Waals surface area contributed by atoms with Crippen LogP contribution in [-0.2, 0) is 4.79 Å². The van der Waals surface area contributed by atoms with Crippen LogP contribution in [0.25, 0.3) is 0 Å². The van der Waals surface area contributed by atoms with Gasteiger partial charge in [-0.25, -0.2) is 0 Å². The fraction of sp³-hybridized carbons (Fsp3) is 0.529. The molecule has 1 fully saturated rings. The monoisotopic (exact) mass is 288 g/mol. The van der Waals surface area contributed by atoms with E-state index in [0.29, 0.717) is 18.8 Å². The van der Waals surface area contributed by atoms with E-state index in [0.717, 1.165) is 43.6 Å². The van der Waals surface area contributed by atoms with Crippen molar-refractivity contribution in [1.82, 2.24) is 4.90 Å². The number of aryl methyl sites for hydroxylation is 1. The van der Waals surface area contributed by atoms with Crippen molar-refractivity contribution in [2.75, 3.05) is 19.6 Å². The molecular weight excluding hydrogens is 264 g/mol. The van der Waals surface area contributed by atoms with Gasteiger partial charge in [0.15, 0.2) is 5.78 Å². The zero-order valence-electron chi connectivity index (χ0n) is 12.7. The van der Waals surface area contributed by atoms with Crippen molar-refractivity contribution < 1.29 is 9.59 Å². The highest BCUT2D eigenvalue weighted by Crippen LogP contribution is 2.19. The minimum atomic E-state index is -0.224. The number of benzene rings is 1. The van der Waals surface area contributed by atoms with Crippen LogP contribution in [0.5, 0.6) is 0 Å². The number of nitrogens with two attached hydrogens (primary N) is 1. The molecule has 1 heterocycles. The number of primary amides is 1. The first-order valence-corrected chi connectivity index (χ1v) is 7.65. The maximum Gasteiger partial charge on any atom is 0.217 e. The summed E-state index contributed by atoms with van der Waals surface area (Å²) in [5.41, 5.74) is 7.21. The highest BCUT2D eigenvalue weighted by Gasteiger charge is 2.21. The molecule has 0 unspecified atom stereocenters. The summed E-state index contributed by atoms with van der Waals surface area (Å²) in [6.45, 7) is 4.67. The van der Waals surface area contributed by atoms with E-state index < -0.39 is 0 Å². The van der Waals surface area contributed by atoms with Gasteiger partial charge in [0.1, 0.15) is 0 Å². The molecule has 4 nitrogen and oxygen atoms in total. The first kappa shape index (κ1) is 15.7. The van der Waals surface area contributed by atoms with Crippen molar-refractivity contribution in [3.05, 3.63) is 35.4 Å². The van der Waals surface area contributed by atoms with Gasteiger partial charge >= 0.3 is 0 Å². The number of Topliss-reactive ketones (excluding diaryl/α,β-unsaturated/α-hetero) is 1. The van der Waals surface area contributed by atoms with Gasteiger partial charge in [0.25, 0.3) is 0 Å². The van der Waals surface area contributed by atoms with Gasteiger partial charge in [0.05, 0.1) is 0 Å². The normalized spacial score (nSPS) is 19.4. The second kappa shape index (κ2) is 7.36. The molecule has 1 aromatic rings. The van der Waals surface area contributed by atoms with Crippen LogP contribution in [0.15, 0.2) is 24.3 Å². The quantitative estimate of drug-likeness (QED) is 0.816. The molecule has 1 aliphatic heterocycles. The fourth-order valence-electron chi connectivity index (χ4n) is 2.95. The Kier molecular flexibility index (Phi) is 5.51. The lowest BCUT2D eigenvalue weighted by Gasteiger charge is -2.32. The number of piperidine rings is 1. The summed E-state index contributed by atoms with van der Waals surface area (Å²) in [7, 11) is 0. The molecule has 2 N–H and O–H groups in total. The van der Waals surface area contributed by atoms with Crippen LogP contribution < -0.4 is 5.73 Å². The molecule has 1 atom stereocenters. The molecule has 0 spiro atoms. The third kappa shape index (κ3) is 4.97. The smallest absolute Gasteiger partial charge is 0.217 e. The van der Waals surface area contributed by atoms with Crippen LogP contribution in [-0.4, -0.2) is 36.2 Å². The molecular formula is C17H24N2O2. The molecule has 1 aromatic carbocycles. The second-order valence-electron chi connectivity index (χ2n) is 6.02. The summed E-state index contributed by atoms with van der Waals surface area (Å²) in [6, 6.07) is 7.72. The second-order valence-corrected chi connectivity index (χ2v) is 6.02. The van der Waals surface area contributed by atoms with Gasteiger partial charge in [-0.05, 0) is 32.2 Å². The molecule has 0 saturated carbocycles. The van der Waals surface area contributed by atoms with Gasteiger partial charge in [-0.1, -0.05) is 29.8 Å². The number of nitrogens with zero attached hydrogens (tertiary/aromatic N) is 1. The highest BCUT2D eigenvalue weighted by molar-refractivity contribution is 5.96. The van der Waals surface area contributed by atoms with E-state index in [2.05, 4.69) is 4.90 Å². The zero-order chi connectivity index (χ0) is 15.2. The van der Waals surface area contributed by atoms with Crippen LogP contribution in [0, 0.1) is 12.8 Å². The van der Waals surface area contributed by atoms with E-state index in [1.54, 1.807) is 0 Å². The van der Waals surface area contributed by atoms with E-state index in [4.69, 9.17) is 5.73 Å². The first-order chi connectivity index (χ1) is 10.0. The standard InChI is InChI=1S/C17H24N2O2/c1-13-4-6-15(7-5-13)16(20)8-10-19-9-2-3-14(12-19)11-17(18)21/h4-7,14H,2-3,8-12H2,1H3,(H2,18,21)/t14-/m1/s1. The lowest BCUT2D eigenvalue weighted by molar-refractivity contribution is -0.119. The molecule has 114 valence electrons. The number of ketones is 1. The van der Waals surface area contributed by atoms with Crippen molar-refractivity contribution in [3.63, 3.8) is 0 Å². The Hall–Kier alpha value is -1.68. The van der Waals surface area contributed by atoms with E-state index in [1.807, 2.05) is 31.2 Å². The summed E-state index contributed by atoms with van der Waals surface area (Å²) in [5, 5.41) is 0.